The SMILES string of the molecule is C[C@]12CC[C@@H]3c4ccc(O)cc4CC[C@H]3[C@@H]1C(C=C(F)F)CC2O. The van der Waals surface area contributed by atoms with Gasteiger partial charge in [-0.1, -0.05) is 13.0 Å². The number of hydrogen-bond donors (Lipinski definition) is 2. The molecule has 24 heavy (non-hydrogen) atoms. The molecule has 0 spiro atoms. The third kappa shape index (κ3) is 2.30. The van der Waals surface area contributed by atoms with Gasteiger partial charge in [0.15, 0.2) is 0 Å². The fourth-order valence-electron chi connectivity index (χ4n) is 6.05. The lowest BCUT2D eigenvalue weighted by molar-refractivity contribution is -0.0271. The molecular formula is C20H24F2O2. The third-order valence-corrected chi connectivity index (χ3v) is 7.06. The van der Waals surface area contributed by atoms with Gasteiger partial charge in [-0.2, -0.15) is 8.78 Å². The van der Waals surface area contributed by atoms with Gasteiger partial charge in [0.25, 0.3) is 6.08 Å². The van der Waals surface area contributed by atoms with E-state index in [4.69, 9.17) is 0 Å². The monoisotopic (exact) mass is 334 g/mol. The molecule has 4 rings (SSSR count). The lowest BCUT2D eigenvalue weighted by Gasteiger charge is -2.51. The first-order valence-corrected chi connectivity index (χ1v) is 8.93. The van der Waals surface area contributed by atoms with E-state index < -0.39 is 12.2 Å². The normalized spacial score (nSPS) is 40.4. The number of aliphatic hydroxyl groups excluding tert-OH is 1. The first-order chi connectivity index (χ1) is 11.4. The van der Waals surface area contributed by atoms with Gasteiger partial charge in [-0.3, -0.25) is 0 Å². The topological polar surface area (TPSA) is 40.5 Å². The number of aliphatic hydroxyl groups is 1. The molecule has 2 saturated carbocycles. The molecule has 2 fully saturated rings. The van der Waals surface area contributed by atoms with Crippen LogP contribution in [0.15, 0.2) is 30.4 Å². The number of rotatable bonds is 1. The van der Waals surface area contributed by atoms with Crippen LogP contribution in [0.4, 0.5) is 8.78 Å². The molecule has 130 valence electrons. The molecule has 0 heterocycles. The smallest absolute Gasteiger partial charge is 0.266 e. The average Bonchev–Trinajstić information content (AvgIpc) is 2.77. The number of benzene rings is 1. The molecule has 3 aliphatic rings. The van der Waals surface area contributed by atoms with Crippen LogP contribution in [-0.2, 0) is 6.42 Å². The maximum Gasteiger partial charge on any atom is 0.266 e. The number of hydrogen-bond acceptors (Lipinski definition) is 2. The maximum absolute atomic E-state index is 13.0. The van der Waals surface area contributed by atoms with Gasteiger partial charge in [0, 0.05) is 0 Å². The van der Waals surface area contributed by atoms with Crippen molar-refractivity contribution in [1.29, 1.82) is 0 Å². The Morgan fingerprint density at radius 3 is 2.83 bits per heavy atom. The second kappa shape index (κ2) is 5.55. The molecule has 1 aromatic rings. The number of aromatic hydroxyl groups is 1. The van der Waals surface area contributed by atoms with Crippen molar-refractivity contribution in [3.05, 3.63) is 41.5 Å². The fourth-order valence-corrected chi connectivity index (χ4v) is 6.05. The van der Waals surface area contributed by atoms with Crippen molar-refractivity contribution in [1.82, 2.24) is 0 Å². The Balaban J connectivity index is 1.73. The van der Waals surface area contributed by atoms with Crippen molar-refractivity contribution in [3.8, 4) is 5.75 Å². The summed E-state index contributed by atoms with van der Waals surface area (Å²) in [5.74, 6) is 0.857. The van der Waals surface area contributed by atoms with E-state index in [0.29, 0.717) is 24.0 Å². The van der Waals surface area contributed by atoms with E-state index >= 15 is 0 Å². The van der Waals surface area contributed by atoms with E-state index in [-0.39, 0.29) is 17.3 Å². The summed E-state index contributed by atoms with van der Waals surface area (Å²) >= 11 is 0. The van der Waals surface area contributed by atoms with Crippen LogP contribution in [0.5, 0.6) is 5.75 Å². The summed E-state index contributed by atoms with van der Waals surface area (Å²) in [5, 5.41) is 20.3. The quantitative estimate of drug-likeness (QED) is 0.787. The number of allylic oxidation sites excluding steroid dienone is 1. The highest BCUT2D eigenvalue weighted by Gasteiger charge is 2.58. The van der Waals surface area contributed by atoms with Gasteiger partial charge in [0.05, 0.1) is 6.10 Å². The maximum atomic E-state index is 13.0. The predicted molar refractivity (Wildman–Crippen MR) is 87.9 cm³/mol. The zero-order chi connectivity index (χ0) is 17.1. The van der Waals surface area contributed by atoms with Gasteiger partial charge in [0.2, 0.25) is 0 Å². The summed E-state index contributed by atoms with van der Waals surface area (Å²) < 4.78 is 25.9. The van der Waals surface area contributed by atoms with Gasteiger partial charge in [-0.25, -0.2) is 0 Å². The Morgan fingerprint density at radius 1 is 1.29 bits per heavy atom. The fraction of sp³-hybridized carbons (Fsp3) is 0.600. The minimum Gasteiger partial charge on any atom is -0.508 e. The number of aryl methyl sites for hydroxylation is 1. The summed E-state index contributed by atoms with van der Waals surface area (Å²) in [6.45, 7) is 2.09. The third-order valence-electron chi connectivity index (χ3n) is 7.06. The van der Waals surface area contributed by atoms with E-state index in [0.717, 1.165) is 31.8 Å². The zero-order valence-electron chi connectivity index (χ0n) is 13.9. The summed E-state index contributed by atoms with van der Waals surface area (Å²) in [6, 6.07) is 5.59. The Bertz CT molecular complexity index is 682. The molecule has 0 bridgehead atoms. The molecule has 6 atom stereocenters. The van der Waals surface area contributed by atoms with Crippen molar-refractivity contribution in [2.24, 2.45) is 23.2 Å². The Labute approximate surface area is 141 Å². The van der Waals surface area contributed by atoms with Crippen LogP contribution in [0, 0.1) is 23.2 Å². The molecule has 2 nitrogen and oxygen atoms in total. The van der Waals surface area contributed by atoms with Crippen LogP contribution in [0.1, 0.15) is 49.7 Å². The van der Waals surface area contributed by atoms with E-state index in [1.807, 2.05) is 12.1 Å². The van der Waals surface area contributed by atoms with Gasteiger partial charge < -0.3 is 10.2 Å². The summed E-state index contributed by atoms with van der Waals surface area (Å²) in [7, 11) is 0. The first kappa shape index (κ1) is 16.1. The molecule has 3 aliphatic carbocycles. The molecule has 0 aliphatic heterocycles. The van der Waals surface area contributed by atoms with Crippen LogP contribution in [0.2, 0.25) is 0 Å². The molecule has 0 amide bonds. The predicted octanol–water partition coefficient (Wildman–Crippen LogP) is 4.62. The molecule has 1 aromatic carbocycles. The highest BCUT2D eigenvalue weighted by molar-refractivity contribution is 5.40. The Hall–Kier alpha value is -1.42. The molecule has 0 saturated heterocycles. The number of fused-ring (bicyclic) bond motifs is 5. The average molecular weight is 334 g/mol. The van der Waals surface area contributed by atoms with Crippen molar-refractivity contribution < 1.29 is 19.0 Å². The van der Waals surface area contributed by atoms with Crippen LogP contribution < -0.4 is 0 Å². The summed E-state index contributed by atoms with van der Waals surface area (Å²) in [6.07, 6.45) is 3.11. The van der Waals surface area contributed by atoms with Crippen molar-refractivity contribution >= 4 is 0 Å². The van der Waals surface area contributed by atoms with E-state index in [9.17, 15) is 19.0 Å². The van der Waals surface area contributed by atoms with Crippen LogP contribution in [0.3, 0.4) is 0 Å². The highest BCUT2D eigenvalue weighted by atomic mass is 19.3. The molecule has 2 unspecified atom stereocenters. The summed E-state index contributed by atoms with van der Waals surface area (Å²) in [5.41, 5.74) is 2.21. The molecule has 2 N–H and O–H groups in total. The number of halogens is 2. The minimum absolute atomic E-state index is 0.106. The molecule has 4 heteroatoms. The lowest BCUT2D eigenvalue weighted by atomic mass is 9.54. The standard InChI is InChI=1S/C20H24F2O2/c1-20-7-6-15-14-5-3-13(23)8-11(14)2-4-16(15)19(20)12(9-17(20)24)10-18(21)22/h3,5,8,10,12,15-17,19,23-24H,2,4,6-7,9H2,1H3/t12?,15-,16-,17?,19+,20-/m1/s1. The van der Waals surface area contributed by atoms with Gasteiger partial charge in [-0.15, -0.1) is 0 Å². The van der Waals surface area contributed by atoms with Crippen LogP contribution in [-0.4, -0.2) is 16.3 Å². The number of phenolic OH excluding ortho intramolecular Hbond substituents is 1. The zero-order valence-corrected chi connectivity index (χ0v) is 13.9. The Kier molecular flexibility index (Phi) is 3.72. The van der Waals surface area contributed by atoms with E-state index in [1.54, 1.807) is 6.07 Å². The van der Waals surface area contributed by atoms with Gasteiger partial charge >= 0.3 is 0 Å². The molecule has 0 aromatic heterocycles. The van der Waals surface area contributed by atoms with Crippen LogP contribution >= 0.6 is 0 Å². The molecular weight excluding hydrogens is 310 g/mol. The van der Waals surface area contributed by atoms with E-state index in [1.165, 1.54) is 11.1 Å². The second-order valence-electron chi connectivity index (χ2n) is 8.13. The lowest BCUT2D eigenvalue weighted by Crippen LogP contribution is -2.45. The number of phenols is 1. The largest absolute Gasteiger partial charge is 0.508 e. The van der Waals surface area contributed by atoms with Gasteiger partial charge in [0.1, 0.15) is 5.75 Å². The first-order valence-electron chi connectivity index (χ1n) is 8.93. The molecule has 0 radical (unpaired) electrons. The van der Waals surface area contributed by atoms with Gasteiger partial charge in [-0.05, 0) is 90.5 Å². The van der Waals surface area contributed by atoms with Crippen molar-refractivity contribution in [2.75, 3.05) is 0 Å². The van der Waals surface area contributed by atoms with Crippen molar-refractivity contribution in [2.45, 2.75) is 51.0 Å². The second-order valence-corrected chi connectivity index (χ2v) is 8.13. The highest BCUT2D eigenvalue weighted by Crippen LogP contribution is 2.63. The minimum atomic E-state index is -1.63. The Morgan fingerprint density at radius 2 is 2.08 bits per heavy atom. The summed E-state index contributed by atoms with van der Waals surface area (Å²) in [4.78, 5) is 0. The van der Waals surface area contributed by atoms with Crippen LogP contribution in [0.25, 0.3) is 0 Å². The van der Waals surface area contributed by atoms with Crippen molar-refractivity contribution in [3.63, 3.8) is 0 Å². The van der Waals surface area contributed by atoms with E-state index in [2.05, 4.69) is 6.92 Å².